The standard InChI is InChI=1S/C14H16O5/c1-9(15)18-12-8-6-5-7-11(12)13(17)14(3,4)19-10(2)16/h5-8H,1-4H3. The molecule has 0 saturated carbocycles. The maximum atomic E-state index is 12.3. The summed E-state index contributed by atoms with van der Waals surface area (Å²) in [5, 5.41) is 0. The number of benzene rings is 1. The molecule has 0 atom stereocenters. The van der Waals surface area contributed by atoms with E-state index in [1.807, 2.05) is 0 Å². The zero-order chi connectivity index (χ0) is 14.6. The molecule has 0 bridgehead atoms. The number of hydrogen-bond acceptors (Lipinski definition) is 5. The Morgan fingerprint density at radius 3 is 2.11 bits per heavy atom. The molecule has 0 aliphatic rings. The molecule has 1 rings (SSSR count). The van der Waals surface area contributed by atoms with Crippen LogP contribution < -0.4 is 4.74 Å². The smallest absolute Gasteiger partial charge is 0.308 e. The molecule has 0 amide bonds. The molecule has 0 aliphatic carbocycles. The molecule has 0 unspecified atom stereocenters. The Morgan fingerprint density at radius 1 is 1.00 bits per heavy atom. The fourth-order valence-corrected chi connectivity index (χ4v) is 1.63. The summed E-state index contributed by atoms with van der Waals surface area (Å²) in [5.74, 6) is -1.35. The minimum Gasteiger partial charge on any atom is -0.451 e. The van der Waals surface area contributed by atoms with Gasteiger partial charge in [0.05, 0.1) is 5.56 Å². The van der Waals surface area contributed by atoms with Crippen molar-refractivity contribution in [2.45, 2.75) is 33.3 Å². The van der Waals surface area contributed by atoms with E-state index in [0.717, 1.165) is 0 Å². The van der Waals surface area contributed by atoms with Gasteiger partial charge in [-0.2, -0.15) is 0 Å². The van der Waals surface area contributed by atoms with Crippen LogP contribution in [0.2, 0.25) is 0 Å². The minimum absolute atomic E-state index is 0.153. The van der Waals surface area contributed by atoms with Crippen LogP contribution >= 0.6 is 0 Å². The van der Waals surface area contributed by atoms with Crippen molar-refractivity contribution in [1.82, 2.24) is 0 Å². The van der Waals surface area contributed by atoms with Gasteiger partial charge < -0.3 is 9.47 Å². The number of para-hydroxylation sites is 1. The highest BCUT2D eigenvalue weighted by atomic mass is 16.6. The molecule has 1 aromatic rings. The molecule has 1 aromatic carbocycles. The third-order valence-electron chi connectivity index (χ3n) is 2.33. The summed E-state index contributed by atoms with van der Waals surface area (Å²) in [6, 6.07) is 6.32. The number of ether oxygens (including phenoxy) is 2. The van der Waals surface area contributed by atoms with E-state index in [2.05, 4.69) is 0 Å². The summed E-state index contributed by atoms with van der Waals surface area (Å²) in [6.45, 7) is 5.45. The second-order valence-electron chi connectivity index (χ2n) is 4.52. The van der Waals surface area contributed by atoms with Gasteiger partial charge in [0.1, 0.15) is 5.75 Å². The number of Topliss-reactive ketones (excluding diaryl/α,β-unsaturated/α-hetero) is 1. The second-order valence-corrected chi connectivity index (χ2v) is 4.52. The van der Waals surface area contributed by atoms with Crippen LogP contribution in [0, 0.1) is 0 Å². The molecule has 5 heteroatoms. The quantitative estimate of drug-likeness (QED) is 0.473. The average Bonchev–Trinajstić information content (AvgIpc) is 2.26. The molecular weight excluding hydrogens is 248 g/mol. The highest BCUT2D eigenvalue weighted by Gasteiger charge is 2.33. The van der Waals surface area contributed by atoms with Crippen LogP contribution in [0.25, 0.3) is 0 Å². The highest BCUT2D eigenvalue weighted by molar-refractivity contribution is 6.05. The van der Waals surface area contributed by atoms with Crippen LogP contribution in [0.5, 0.6) is 5.75 Å². The van der Waals surface area contributed by atoms with Gasteiger partial charge in [0.15, 0.2) is 5.60 Å². The van der Waals surface area contributed by atoms with Gasteiger partial charge in [-0.3, -0.25) is 14.4 Å². The van der Waals surface area contributed by atoms with Crippen LogP contribution in [0.4, 0.5) is 0 Å². The summed E-state index contributed by atoms with van der Waals surface area (Å²) in [4.78, 5) is 34.3. The van der Waals surface area contributed by atoms with Gasteiger partial charge in [0.25, 0.3) is 0 Å². The summed E-state index contributed by atoms with van der Waals surface area (Å²) in [5.41, 5.74) is -1.12. The maximum Gasteiger partial charge on any atom is 0.308 e. The molecule has 0 spiro atoms. The lowest BCUT2D eigenvalue weighted by atomic mass is 9.96. The van der Waals surface area contributed by atoms with Gasteiger partial charge in [0.2, 0.25) is 5.78 Å². The average molecular weight is 264 g/mol. The number of esters is 2. The third-order valence-corrected chi connectivity index (χ3v) is 2.33. The molecule has 19 heavy (non-hydrogen) atoms. The first-order valence-corrected chi connectivity index (χ1v) is 5.76. The zero-order valence-electron chi connectivity index (χ0n) is 11.4. The van der Waals surface area contributed by atoms with Crippen molar-refractivity contribution in [3.8, 4) is 5.75 Å². The third kappa shape index (κ3) is 3.91. The van der Waals surface area contributed by atoms with Crippen molar-refractivity contribution < 1.29 is 23.9 Å². The van der Waals surface area contributed by atoms with E-state index in [0.29, 0.717) is 0 Å². The Morgan fingerprint density at radius 2 is 1.58 bits per heavy atom. The van der Waals surface area contributed by atoms with Gasteiger partial charge in [-0.1, -0.05) is 12.1 Å². The summed E-state index contributed by atoms with van der Waals surface area (Å²) < 4.78 is 9.95. The van der Waals surface area contributed by atoms with E-state index in [4.69, 9.17) is 9.47 Å². The van der Waals surface area contributed by atoms with Gasteiger partial charge in [-0.25, -0.2) is 0 Å². The maximum absolute atomic E-state index is 12.3. The fourth-order valence-electron chi connectivity index (χ4n) is 1.63. The molecule has 0 N–H and O–H groups in total. The molecule has 102 valence electrons. The number of rotatable bonds is 4. The summed E-state index contributed by atoms with van der Waals surface area (Å²) in [6.07, 6.45) is 0. The fraction of sp³-hybridized carbons (Fsp3) is 0.357. The lowest BCUT2D eigenvalue weighted by Crippen LogP contribution is -2.37. The molecule has 0 heterocycles. The Bertz CT molecular complexity index is 516. The molecule has 0 saturated heterocycles. The van der Waals surface area contributed by atoms with Crippen molar-refractivity contribution in [3.05, 3.63) is 29.8 Å². The van der Waals surface area contributed by atoms with Crippen molar-refractivity contribution in [2.75, 3.05) is 0 Å². The van der Waals surface area contributed by atoms with Crippen LogP contribution in [-0.4, -0.2) is 23.3 Å². The van der Waals surface area contributed by atoms with Crippen LogP contribution in [0.1, 0.15) is 38.1 Å². The van der Waals surface area contributed by atoms with E-state index >= 15 is 0 Å². The van der Waals surface area contributed by atoms with Crippen LogP contribution in [-0.2, 0) is 14.3 Å². The van der Waals surface area contributed by atoms with Crippen LogP contribution in [0.15, 0.2) is 24.3 Å². The molecule has 0 aromatic heterocycles. The molecular formula is C14H16O5. The van der Waals surface area contributed by atoms with Crippen molar-refractivity contribution >= 4 is 17.7 Å². The molecule has 5 nitrogen and oxygen atoms in total. The van der Waals surface area contributed by atoms with E-state index < -0.39 is 23.3 Å². The van der Waals surface area contributed by atoms with Gasteiger partial charge in [0, 0.05) is 13.8 Å². The normalized spacial score (nSPS) is 10.7. The Hall–Kier alpha value is -2.17. The molecule has 0 radical (unpaired) electrons. The number of carbonyl (C=O) groups is 3. The van der Waals surface area contributed by atoms with Gasteiger partial charge in [-0.05, 0) is 26.0 Å². The van der Waals surface area contributed by atoms with E-state index in [1.165, 1.54) is 39.8 Å². The van der Waals surface area contributed by atoms with Crippen molar-refractivity contribution in [3.63, 3.8) is 0 Å². The zero-order valence-corrected chi connectivity index (χ0v) is 11.4. The highest BCUT2D eigenvalue weighted by Crippen LogP contribution is 2.25. The monoisotopic (exact) mass is 264 g/mol. The lowest BCUT2D eigenvalue weighted by Gasteiger charge is -2.23. The second kappa shape index (κ2) is 5.65. The SMILES string of the molecule is CC(=O)Oc1ccccc1C(=O)C(C)(C)OC(C)=O. The Kier molecular flexibility index (Phi) is 4.43. The van der Waals surface area contributed by atoms with E-state index in [1.54, 1.807) is 12.1 Å². The predicted octanol–water partition coefficient (Wildman–Crippen LogP) is 2.14. The number of carbonyl (C=O) groups excluding carboxylic acids is 3. The Balaban J connectivity index is 3.12. The largest absolute Gasteiger partial charge is 0.451 e. The first-order chi connectivity index (χ1) is 8.74. The first-order valence-electron chi connectivity index (χ1n) is 5.76. The number of ketones is 1. The lowest BCUT2D eigenvalue weighted by molar-refractivity contribution is -0.149. The van der Waals surface area contributed by atoms with E-state index in [9.17, 15) is 14.4 Å². The Labute approximate surface area is 111 Å². The van der Waals surface area contributed by atoms with Crippen molar-refractivity contribution in [1.29, 1.82) is 0 Å². The topological polar surface area (TPSA) is 69.7 Å². The van der Waals surface area contributed by atoms with E-state index in [-0.39, 0.29) is 11.3 Å². The minimum atomic E-state index is -1.32. The predicted molar refractivity (Wildman–Crippen MR) is 67.9 cm³/mol. The van der Waals surface area contributed by atoms with Gasteiger partial charge >= 0.3 is 11.9 Å². The first kappa shape index (κ1) is 14.9. The van der Waals surface area contributed by atoms with Crippen LogP contribution in [0.3, 0.4) is 0 Å². The summed E-state index contributed by atoms with van der Waals surface area (Å²) in [7, 11) is 0. The van der Waals surface area contributed by atoms with Crippen molar-refractivity contribution in [2.24, 2.45) is 0 Å². The van der Waals surface area contributed by atoms with Gasteiger partial charge in [-0.15, -0.1) is 0 Å². The summed E-state index contributed by atoms with van der Waals surface area (Å²) >= 11 is 0. The molecule has 0 fully saturated rings. The molecule has 0 aliphatic heterocycles. The number of hydrogen-bond donors (Lipinski definition) is 0.